The van der Waals surface area contributed by atoms with Gasteiger partial charge in [0.15, 0.2) is 0 Å². The molecule has 4 heteroatoms. The zero-order valence-corrected chi connectivity index (χ0v) is 9.08. The van der Waals surface area contributed by atoms with Gasteiger partial charge in [-0.15, -0.1) is 0 Å². The van der Waals surface area contributed by atoms with Crippen LogP contribution in [0, 0.1) is 0 Å². The lowest BCUT2D eigenvalue weighted by atomic mass is 10.5. The molecule has 0 aliphatic rings. The normalized spacial score (nSPS) is 9.69. The molecule has 4 nitrogen and oxygen atoms in total. The Morgan fingerprint density at radius 1 is 1.00 bits per heavy atom. The Hall–Kier alpha value is -0.160. The maximum absolute atomic E-state index is 8.34. The Morgan fingerprint density at radius 2 is 1.38 bits per heavy atom. The molecule has 0 aromatic carbocycles. The molecule has 3 N–H and O–H groups in total. The van der Waals surface area contributed by atoms with Crippen molar-refractivity contribution >= 4 is 0 Å². The minimum Gasteiger partial charge on any atom is -0.395 e. The van der Waals surface area contributed by atoms with Crippen molar-refractivity contribution in [3.8, 4) is 0 Å². The van der Waals surface area contributed by atoms with Crippen molar-refractivity contribution in [1.29, 1.82) is 0 Å². The molecule has 0 heterocycles. The number of aliphatic hydroxyl groups is 2. The first kappa shape index (κ1) is 15.3. The van der Waals surface area contributed by atoms with Gasteiger partial charge in [-0.2, -0.15) is 0 Å². The number of aliphatic hydroxyl groups excluding tert-OH is 2. The maximum atomic E-state index is 8.34. The van der Waals surface area contributed by atoms with E-state index in [9.17, 15) is 0 Å². The van der Waals surface area contributed by atoms with E-state index in [4.69, 9.17) is 10.2 Å². The van der Waals surface area contributed by atoms with E-state index in [0.29, 0.717) is 13.1 Å². The summed E-state index contributed by atoms with van der Waals surface area (Å²) < 4.78 is 0. The van der Waals surface area contributed by atoms with Crippen molar-refractivity contribution in [1.82, 2.24) is 10.2 Å². The van der Waals surface area contributed by atoms with E-state index in [1.165, 1.54) is 0 Å². The average molecular weight is 192 g/mol. The van der Waals surface area contributed by atoms with Crippen molar-refractivity contribution in [2.45, 2.75) is 13.8 Å². The Morgan fingerprint density at radius 3 is 1.54 bits per heavy atom. The first-order valence-corrected chi connectivity index (χ1v) is 4.83. The Balaban J connectivity index is 0. The highest BCUT2D eigenvalue weighted by Gasteiger charge is 1.91. The van der Waals surface area contributed by atoms with Crippen molar-refractivity contribution in [3.63, 3.8) is 0 Å². The highest BCUT2D eigenvalue weighted by molar-refractivity contribution is 4.45. The molecule has 0 radical (unpaired) electrons. The highest BCUT2D eigenvalue weighted by atomic mass is 16.3. The number of likely N-dealkylation sites (N-methyl/N-ethyl adjacent to an activating group) is 1. The molecule has 0 rings (SSSR count). The lowest BCUT2D eigenvalue weighted by molar-refractivity contribution is 0.184. The summed E-state index contributed by atoms with van der Waals surface area (Å²) in [4.78, 5) is 1.86. The van der Waals surface area contributed by atoms with Crippen LogP contribution in [0.1, 0.15) is 13.8 Å². The Labute approximate surface area is 81.6 Å². The van der Waals surface area contributed by atoms with Crippen LogP contribution in [0.15, 0.2) is 0 Å². The fraction of sp³-hybridized carbons (Fsp3) is 1.00. The molecule has 0 bridgehead atoms. The van der Waals surface area contributed by atoms with Crippen LogP contribution in [-0.4, -0.2) is 61.6 Å². The van der Waals surface area contributed by atoms with Gasteiger partial charge in [-0.3, -0.25) is 0 Å². The minimum absolute atomic E-state index is 0.163. The van der Waals surface area contributed by atoms with E-state index < -0.39 is 0 Å². The van der Waals surface area contributed by atoms with Gasteiger partial charge in [-0.1, -0.05) is 13.8 Å². The maximum Gasteiger partial charge on any atom is 0.0558 e. The summed E-state index contributed by atoms with van der Waals surface area (Å²) in [6.07, 6.45) is 0. The van der Waals surface area contributed by atoms with Crippen molar-refractivity contribution in [3.05, 3.63) is 0 Å². The lowest BCUT2D eigenvalue weighted by Gasteiger charge is -2.11. The number of nitrogens with zero attached hydrogens (tertiary/aromatic N) is 1. The van der Waals surface area contributed by atoms with E-state index in [1.807, 2.05) is 11.9 Å². The smallest absolute Gasteiger partial charge is 0.0558 e. The predicted molar refractivity (Wildman–Crippen MR) is 55.9 cm³/mol. The zero-order chi connectivity index (χ0) is 10.5. The second kappa shape index (κ2) is 14.4. The van der Waals surface area contributed by atoms with Crippen LogP contribution in [0.2, 0.25) is 0 Å². The van der Waals surface area contributed by atoms with Gasteiger partial charge >= 0.3 is 0 Å². The van der Waals surface area contributed by atoms with E-state index in [2.05, 4.69) is 19.2 Å². The molecule has 0 fully saturated rings. The van der Waals surface area contributed by atoms with Crippen LogP contribution < -0.4 is 5.32 Å². The molecule has 13 heavy (non-hydrogen) atoms. The quantitative estimate of drug-likeness (QED) is 0.532. The lowest BCUT2D eigenvalue weighted by Crippen LogP contribution is -2.25. The molecule has 0 atom stereocenters. The van der Waals surface area contributed by atoms with Crippen LogP contribution in [0.4, 0.5) is 0 Å². The molecular weight excluding hydrogens is 168 g/mol. The molecule has 0 saturated carbocycles. The SMILES string of the molecule is CCNCC.CN(CCO)CCO. The Kier molecular flexibility index (Phi) is 16.9. The monoisotopic (exact) mass is 192 g/mol. The fourth-order valence-corrected chi connectivity index (χ4v) is 0.703. The van der Waals surface area contributed by atoms with E-state index in [0.717, 1.165) is 13.1 Å². The number of hydrogen-bond acceptors (Lipinski definition) is 4. The summed E-state index contributed by atoms with van der Waals surface area (Å²) in [6, 6.07) is 0. The third kappa shape index (κ3) is 18.7. The fourth-order valence-electron chi connectivity index (χ4n) is 0.703. The standard InChI is InChI=1S/C5H13NO2.C4H11N/c1-6(2-4-7)3-5-8;1-3-5-4-2/h7-8H,2-5H2,1H3;5H,3-4H2,1-2H3. The molecular formula is C9H24N2O2. The predicted octanol–water partition coefficient (Wildman–Crippen LogP) is -0.481. The van der Waals surface area contributed by atoms with Crippen LogP contribution in [0.25, 0.3) is 0 Å². The molecule has 0 spiro atoms. The highest BCUT2D eigenvalue weighted by Crippen LogP contribution is 1.76. The van der Waals surface area contributed by atoms with Gasteiger partial charge < -0.3 is 20.4 Å². The topological polar surface area (TPSA) is 55.7 Å². The van der Waals surface area contributed by atoms with Crippen LogP contribution >= 0.6 is 0 Å². The zero-order valence-electron chi connectivity index (χ0n) is 9.08. The van der Waals surface area contributed by atoms with E-state index in [1.54, 1.807) is 0 Å². The molecule has 0 aromatic heterocycles. The summed E-state index contributed by atoms with van der Waals surface area (Å²) in [7, 11) is 1.85. The first-order valence-electron chi connectivity index (χ1n) is 4.83. The van der Waals surface area contributed by atoms with Gasteiger partial charge in [0.05, 0.1) is 13.2 Å². The molecule has 0 saturated heterocycles. The first-order chi connectivity index (χ1) is 6.22. The third-order valence-corrected chi connectivity index (χ3v) is 1.46. The second-order valence-corrected chi connectivity index (χ2v) is 2.71. The molecule has 0 amide bonds. The molecule has 0 aliphatic heterocycles. The van der Waals surface area contributed by atoms with Crippen LogP contribution in [0.3, 0.4) is 0 Å². The molecule has 0 aliphatic carbocycles. The van der Waals surface area contributed by atoms with Crippen LogP contribution in [0.5, 0.6) is 0 Å². The largest absolute Gasteiger partial charge is 0.395 e. The summed E-state index contributed by atoms with van der Waals surface area (Å²) in [5, 5.41) is 19.8. The van der Waals surface area contributed by atoms with E-state index >= 15 is 0 Å². The number of nitrogens with one attached hydrogen (secondary N) is 1. The Bertz CT molecular complexity index is 74.0. The van der Waals surface area contributed by atoms with Gasteiger partial charge in [-0.25, -0.2) is 0 Å². The summed E-state index contributed by atoms with van der Waals surface area (Å²) in [5.41, 5.74) is 0. The van der Waals surface area contributed by atoms with Gasteiger partial charge in [0.25, 0.3) is 0 Å². The summed E-state index contributed by atoms with van der Waals surface area (Å²) in [5.74, 6) is 0. The van der Waals surface area contributed by atoms with Crippen molar-refractivity contribution in [2.75, 3.05) is 46.4 Å². The van der Waals surface area contributed by atoms with Gasteiger partial charge in [0.2, 0.25) is 0 Å². The van der Waals surface area contributed by atoms with Crippen LogP contribution in [-0.2, 0) is 0 Å². The number of rotatable bonds is 6. The third-order valence-electron chi connectivity index (χ3n) is 1.46. The molecule has 0 unspecified atom stereocenters. The van der Waals surface area contributed by atoms with Crippen molar-refractivity contribution in [2.24, 2.45) is 0 Å². The average Bonchev–Trinajstić information content (AvgIpc) is 2.08. The minimum atomic E-state index is 0.163. The molecule has 0 aromatic rings. The van der Waals surface area contributed by atoms with Gasteiger partial charge in [0, 0.05) is 13.1 Å². The second-order valence-electron chi connectivity index (χ2n) is 2.71. The summed E-state index contributed by atoms with van der Waals surface area (Å²) >= 11 is 0. The number of hydrogen-bond donors (Lipinski definition) is 3. The van der Waals surface area contributed by atoms with Crippen molar-refractivity contribution < 1.29 is 10.2 Å². The van der Waals surface area contributed by atoms with Gasteiger partial charge in [0.1, 0.15) is 0 Å². The van der Waals surface area contributed by atoms with E-state index in [-0.39, 0.29) is 13.2 Å². The van der Waals surface area contributed by atoms with Gasteiger partial charge in [-0.05, 0) is 20.1 Å². The molecule has 82 valence electrons. The summed E-state index contributed by atoms with van der Waals surface area (Å²) in [6.45, 7) is 7.99.